The van der Waals surface area contributed by atoms with Gasteiger partial charge in [-0.15, -0.1) is 0 Å². The van der Waals surface area contributed by atoms with Crippen molar-refractivity contribution in [2.45, 2.75) is 64.0 Å². The van der Waals surface area contributed by atoms with Crippen molar-refractivity contribution in [2.24, 2.45) is 0 Å². The van der Waals surface area contributed by atoms with E-state index in [2.05, 4.69) is 0 Å². The Balaban J connectivity index is 1.49. The van der Waals surface area contributed by atoms with E-state index in [1.165, 1.54) is 0 Å². The van der Waals surface area contributed by atoms with Gasteiger partial charge in [0.1, 0.15) is 6.04 Å². The number of nitrogens with zero attached hydrogens (tertiary/aromatic N) is 3. The van der Waals surface area contributed by atoms with Crippen molar-refractivity contribution in [3.05, 3.63) is 0 Å². The molecule has 0 unspecified atom stereocenters. The fourth-order valence-electron chi connectivity index (χ4n) is 4.05. The highest BCUT2D eigenvalue weighted by molar-refractivity contribution is 5.89. The van der Waals surface area contributed by atoms with E-state index < -0.39 is 0 Å². The SMILES string of the molecule is C[C@H]1C(=O)N2CCC[C@@H]2CN1C(=O)CCCN1CCCCC1=O. The third-order valence-corrected chi connectivity index (χ3v) is 5.45. The van der Waals surface area contributed by atoms with Crippen molar-refractivity contribution in [1.29, 1.82) is 0 Å². The molecule has 0 saturated carbocycles. The number of carbonyl (C=O) groups excluding carboxylic acids is 3. The number of hydrogen-bond acceptors (Lipinski definition) is 3. The summed E-state index contributed by atoms with van der Waals surface area (Å²) in [5.74, 6) is 0.368. The summed E-state index contributed by atoms with van der Waals surface area (Å²) in [6.07, 6.45) is 5.86. The second-order valence-electron chi connectivity index (χ2n) is 6.99. The Morgan fingerprint density at radius 2 is 2.00 bits per heavy atom. The summed E-state index contributed by atoms with van der Waals surface area (Å²) in [6.45, 7) is 4.84. The molecule has 3 rings (SSSR count). The molecule has 0 bridgehead atoms. The number of hydrogen-bond donors (Lipinski definition) is 0. The molecule has 3 amide bonds. The summed E-state index contributed by atoms with van der Waals surface area (Å²) in [6, 6.07) is -0.125. The van der Waals surface area contributed by atoms with Crippen molar-refractivity contribution >= 4 is 17.7 Å². The lowest BCUT2D eigenvalue weighted by molar-refractivity contribution is -0.152. The Labute approximate surface area is 137 Å². The Hall–Kier alpha value is -1.59. The van der Waals surface area contributed by atoms with Crippen molar-refractivity contribution in [1.82, 2.24) is 14.7 Å². The molecule has 0 N–H and O–H groups in total. The highest BCUT2D eigenvalue weighted by atomic mass is 16.2. The molecule has 3 heterocycles. The minimum absolute atomic E-state index is 0.0573. The molecule has 0 aliphatic carbocycles. The van der Waals surface area contributed by atoms with E-state index in [-0.39, 0.29) is 29.8 Å². The summed E-state index contributed by atoms with van der Waals surface area (Å²) in [4.78, 5) is 42.2. The van der Waals surface area contributed by atoms with Crippen LogP contribution in [0, 0.1) is 0 Å². The summed E-state index contributed by atoms with van der Waals surface area (Å²) in [7, 11) is 0. The van der Waals surface area contributed by atoms with Crippen molar-refractivity contribution < 1.29 is 14.4 Å². The molecule has 0 aromatic carbocycles. The van der Waals surface area contributed by atoms with Crippen LogP contribution in [-0.4, -0.2) is 70.7 Å². The topological polar surface area (TPSA) is 60.9 Å². The van der Waals surface area contributed by atoms with Gasteiger partial charge in [0.2, 0.25) is 17.7 Å². The van der Waals surface area contributed by atoms with Crippen LogP contribution in [0.15, 0.2) is 0 Å². The summed E-state index contributed by atoms with van der Waals surface area (Å²) in [5.41, 5.74) is 0. The Morgan fingerprint density at radius 1 is 1.17 bits per heavy atom. The van der Waals surface area contributed by atoms with Crippen LogP contribution in [0.1, 0.15) is 51.9 Å². The Bertz CT molecular complexity index is 493. The number of amides is 3. The van der Waals surface area contributed by atoms with E-state index in [1.807, 2.05) is 16.7 Å². The van der Waals surface area contributed by atoms with Gasteiger partial charge < -0.3 is 14.7 Å². The molecule has 0 aromatic rings. The van der Waals surface area contributed by atoms with Crippen LogP contribution in [0.3, 0.4) is 0 Å². The van der Waals surface area contributed by atoms with Gasteiger partial charge in [-0.05, 0) is 39.0 Å². The van der Waals surface area contributed by atoms with E-state index in [0.29, 0.717) is 32.4 Å². The van der Waals surface area contributed by atoms with E-state index in [4.69, 9.17) is 0 Å². The molecule has 0 spiro atoms. The molecular formula is C17H27N3O3. The van der Waals surface area contributed by atoms with Crippen molar-refractivity contribution in [3.63, 3.8) is 0 Å². The molecule has 3 aliphatic heterocycles. The van der Waals surface area contributed by atoms with E-state index >= 15 is 0 Å². The van der Waals surface area contributed by atoms with Gasteiger partial charge in [-0.2, -0.15) is 0 Å². The quantitative estimate of drug-likeness (QED) is 0.776. The largest absolute Gasteiger partial charge is 0.343 e. The third kappa shape index (κ3) is 3.35. The first-order valence-corrected chi connectivity index (χ1v) is 8.95. The fraction of sp³-hybridized carbons (Fsp3) is 0.824. The maximum atomic E-state index is 12.5. The number of fused-ring (bicyclic) bond motifs is 1. The van der Waals surface area contributed by atoms with Crippen LogP contribution >= 0.6 is 0 Å². The number of piperazine rings is 1. The highest BCUT2D eigenvalue weighted by Gasteiger charge is 2.41. The molecule has 0 aromatic heterocycles. The van der Waals surface area contributed by atoms with Gasteiger partial charge in [-0.1, -0.05) is 0 Å². The van der Waals surface area contributed by atoms with Crippen LogP contribution in [-0.2, 0) is 14.4 Å². The van der Waals surface area contributed by atoms with Crippen molar-refractivity contribution in [3.8, 4) is 0 Å². The summed E-state index contributed by atoms with van der Waals surface area (Å²) < 4.78 is 0. The van der Waals surface area contributed by atoms with Gasteiger partial charge in [-0.25, -0.2) is 0 Å². The van der Waals surface area contributed by atoms with Crippen LogP contribution in [0.25, 0.3) is 0 Å². The Kier molecular flexibility index (Phi) is 4.87. The van der Waals surface area contributed by atoms with E-state index in [0.717, 1.165) is 38.8 Å². The maximum Gasteiger partial charge on any atom is 0.245 e. The number of piperidine rings is 1. The van der Waals surface area contributed by atoms with Crippen LogP contribution in [0.5, 0.6) is 0 Å². The second-order valence-corrected chi connectivity index (χ2v) is 6.99. The summed E-state index contributed by atoms with van der Waals surface area (Å²) >= 11 is 0. The van der Waals surface area contributed by atoms with Crippen LogP contribution < -0.4 is 0 Å². The molecule has 128 valence electrons. The zero-order valence-electron chi connectivity index (χ0n) is 14.0. The molecule has 23 heavy (non-hydrogen) atoms. The zero-order valence-corrected chi connectivity index (χ0v) is 14.0. The number of carbonyl (C=O) groups is 3. The lowest BCUT2D eigenvalue weighted by Crippen LogP contribution is -2.60. The number of rotatable bonds is 4. The van der Waals surface area contributed by atoms with Crippen LogP contribution in [0.2, 0.25) is 0 Å². The average molecular weight is 321 g/mol. The van der Waals surface area contributed by atoms with Crippen molar-refractivity contribution in [2.75, 3.05) is 26.2 Å². The highest BCUT2D eigenvalue weighted by Crippen LogP contribution is 2.26. The first-order valence-electron chi connectivity index (χ1n) is 8.95. The second kappa shape index (κ2) is 6.89. The first-order chi connectivity index (χ1) is 11.1. The predicted molar refractivity (Wildman–Crippen MR) is 85.6 cm³/mol. The molecule has 3 fully saturated rings. The minimum Gasteiger partial charge on any atom is -0.343 e. The van der Waals surface area contributed by atoms with Gasteiger partial charge in [-0.3, -0.25) is 14.4 Å². The molecule has 0 radical (unpaired) electrons. The van der Waals surface area contributed by atoms with Gasteiger partial charge >= 0.3 is 0 Å². The monoisotopic (exact) mass is 321 g/mol. The van der Waals surface area contributed by atoms with Gasteiger partial charge in [0.05, 0.1) is 0 Å². The van der Waals surface area contributed by atoms with Crippen LogP contribution in [0.4, 0.5) is 0 Å². The molecule has 3 aliphatic rings. The van der Waals surface area contributed by atoms with E-state index in [9.17, 15) is 14.4 Å². The molecular weight excluding hydrogens is 294 g/mol. The molecule has 2 atom stereocenters. The Morgan fingerprint density at radius 3 is 2.78 bits per heavy atom. The summed E-state index contributed by atoms with van der Waals surface area (Å²) in [5, 5.41) is 0. The van der Waals surface area contributed by atoms with Gasteiger partial charge in [0.25, 0.3) is 0 Å². The third-order valence-electron chi connectivity index (χ3n) is 5.45. The maximum absolute atomic E-state index is 12.5. The number of likely N-dealkylation sites (tertiary alicyclic amines) is 1. The fourth-order valence-corrected chi connectivity index (χ4v) is 4.05. The van der Waals surface area contributed by atoms with Gasteiger partial charge in [0, 0.05) is 45.1 Å². The smallest absolute Gasteiger partial charge is 0.245 e. The minimum atomic E-state index is -0.339. The normalized spacial score (nSPS) is 28.3. The lowest BCUT2D eigenvalue weighted by atomic mass is 10.1. The molecule has 6 heteroatoms. The standard InChI is InChI=1S/C17H27N3O3/c1-13-17(23)19-11-4-6-14(19)12-20(13)16(22)8-5-10-18-9-3-2-7-15(18)21/h13-14H,2-12H2,1H3/t13-,14+/m0/s1. The molecule has 6 nitrogen and oxygen atoms in total. The van der Waals surface area contributed by atoms with Gasteiger partial charge in [0.15, 0.2) is 0 Å². The lowest BCUT2D eigenvalue weighted by Gasteiger charge is -2.41. The first kappa shape index (κ1) is 16.3. The average Bonchev–Trinajstić information content (AvgIpc) is 3.01. The van der Waals surface area contributed by atoms with E-state index in [1.54, 1.807) is 4.90 Å². The predicted octanol–water partition coefficient (Wildman–Crippen LogP) is 1.00. The zero-order chi connectivity index (χ0) is 16.4. The molecule has 3 saturated heterocycles.